The number of likely N-dealkylation sites (tertiary alicyclic amines) is 1. The van der Waals surface area contributed by atoms with Crippen LogP contribution in [-0.4, -0.2) is 48.8 Å². The van der Waals surface area contributed by atoms with E-state index in [4.69, 9.17) is 9.84 Å². The lowest BCUT2D eigenvalue weighted by Gasteiger charge is -2.30. The number of hydrogen-bond donors (Lipinski definition) is 1. The number of carbonyl (C=O) groups is 1. The van der Waals surface area contributed by atoms with Crippen molar-refractivity contribution >= 4 is 5.97 Å². The molecule has 1 rings (SSSR count). The van der Waals surface area contributed by atoms with Crippen LogP contribution in [0.2, 0.25) is 0 Å². The molecule has 1 heterocycles. The third-order valence-corrected chi connectivity index (χ3v) is 2.90. The van der Waals surface area contributed by atoms with Crippen molar-refractivity contribution in [1.29, 1.82) is 0 Å². The van der Waals surface area contributed by atoms with Crippen LogP contribution in [0.5, 0.6) is 0 Å². The Labute approximate surface area is 91.2 Å². The van der Waals surface area contributed by atoms with E-state index in [1.165, 1.54) is 0 Å². The fourth-order valence-electron chi connectivity index (χ4n) is 1.88. The van der Waals surface area contributed by atoms with Crippen LogP contribution in [0.25, 0.3) is 0 Å². The number of carbonyl (C=O) groups excluding carboxylic acids is 1. The molecule has 0 atom stereocenters. The molecule has 4 heteroatoms. The predicted molar refractivity (Wildman–Crippen MR) is 57.5 cm³/mol. The van der Waals surface area contributed by atoms with Gasteiger partial charge in [-0.25, -0.2) is 0 Å². The normalized spacial score (nSPS) is 19.1. The first-order chi connectivity index (χ1) is 7.26. The summed E-state index contributed by atoms with van der Waals surface area (Å²) in [5, 5.41) is 8.97. The van der Waals surface area contributed by atoms with Gasteiger partial charge in [0.2, 0.25) is 0 Å². The summed E-state index contributed by atoms with van der Waals surface area (Å²) in [5.74, 6) is 0.352. The number of nitrogens with zero attached hydrogens (tertiary/aromatic N) is 1. The van der Waals surface area contributed by atoms with Crippen LogP contribution in [0, 0.1) is 5.92 Å². The Hall–Kier alpha value is -0.610. The molecule has 1 aliphatic rings. The molecule has 0 unspecified atom stereocenters. The Bertz CT molecular complexity index is 188. The summed E-state index contributed by atoms with van der Waals surface area (Å²) in [6.45, 7) is 5.36. The summed E-state index contributed by atoms with van der Waals surface area (Å²) < 4.78 is 4.87. The highest BCUT2D eigenvalue weighted by Gasteiger charge is 2.18. The Morgan fingerprint density at radius 1 is 1.47 bits per heavy atom. The van der Waals surface area contributed by atoms with Gasteiger partial charge in [-0.3, -0.25) is 4.79 Å². The number of rotatable bonds is 5. The molecule has 0 aliphatic carbocycles. The minimum Gasteiger partial charge on any atom is -0.466 e. The van der Waals surface area contributed by atoms with Gasteiger partial charge in [-0.15, -0.1) is 0 Å². The number of esters is 1. The van der Waals surface area contributed by atoms with Gasteiger partial charge in [-0.1, -0.05) is 0 Å². The van der Waals surface area contributed by atoms with Crippen molar-refractivity contribution in [3.05, 3.63) is 0 Å². The summed E-state index contributed by atoms with van der Waals surface area (Å²) in [6, 6.07) is 0. The van der Waals surface area contributed by atoms with Gasteiger partial charge in [-0.2, -0.15) is 0 Å². The van der Waals surface area contributed by atoms with E-state index in [1.807, 2.05) is 6.92 Å². The molecular formula is C11H21NO3. The quantitative estimate of drug-likeness (QED) is 0.684. The van der Waals surface area contributed by atoms with Crippen LogP contribution in [-0.2, 0) is 9.53 Å². The van der Waals surface area contributed by atoms with Crippen LogP contribution >= 0.6 is 0 Å². The molecule has 0 aromatic carbocycles. The monoisotopic (exact) mass is 215 g/mol. The van der Waals surface area contributed by atoms with Crippen LogP contribution < -0.4 is 0 Å². The zero-order chi connectivity index (χ0) is 11.1. The SMILES string of the molecule is CCOC(=O)CCN1CCC(CO)CC1. The molecular weight excluding hydrogens is 194 g/mol. The third kappa shape index (κ3) is 4.62. The largest absolute Gasteiger partial charge is 0.466 e. The lowest BCUT2D eigenvalue weighted by atomic mass is 9.98. The van der Waals surface area contributed by atoms with Crippen LogP contribution in [0.3, 0.4) is 0 Å². The van der Waals surface area contributed by atoms with Crippen molar-refractivity contribution < 1.29 is 14.6 Å². The summed E-state index contributed by atoms with van der Waals surface area (Å²) in [7, 11) is 0. The zero-order valence-electron chi connectivity index (χ0n) is 9.45. The Morgan fingerprint density at radius 3 is 2.67 bits per heavy atom. The molecule has 0 bridgehead atoms. The predicted octanol–water partition coefficient (Wildman–Crippen LogP) is 0.644. The average molecular weight is 215 g/mol. The standard InChI is InChI=1S/C11H21NO3/c1-2-15-11(14)5-8-12-6-3-10(9-13)4-7-12/h10,13H,2-9H2,1H3. The van der Waals surface area contributed by atoms with E-state index in [-0.39, 0.29) is 5.97 Å². The molecule has 0 aromatic rings. The van der Waals surface area contributed by atoms with Gasteiger partial charge in [-0.05, 0) is 38.8 Å². The number of aliphatic hydroxyl groups is 1. The van der Waals surface area contributed by atoms with E-state index in [0.29, 0.717) is 25.6 Å². The minimum atomic E-state index is -0.109. The Morgan fingerprint density at radius 2 is 2.13 bits per heavy atom. The molecule has 0 amide bonds. The fraction of sp³-hybridized carbons (Fsp3) is 0.909. The molecule has 4 nitrogen and oxygen atoms in total. The van der Waals surface area contributed by atoms with Crippen LogP contribution in [0.15, 0.2) is 0 Å². The second kappa shape index (κ2) is 6.80. The molecule has 0 radical (unpaired) electrons. The number of ether oxygens (including phenoxy) is 1. The molecule has 0 spiro atoms. The van der Waals surface area contributed by atoms with Crippen molar-refractivity contribution in [3.8, 4) is 0 Å². The van der Waals surface area contributed by atoms with Crippen molar-refractivity contribution in [2.75, 3.05) is 32.8 Å². The molecule has 15 heavy (non-hydrogen) atoms. The van der Waals surface area contributed by atoms with Gasteiger partial charge >= 0.3 is 5.97 Å². The van der Waals surface area contributed by atoms with Crippen molar-refractivity contribution in [2.45, 2.75) is 26.2 Å². The average Bonchev–Trinajstić information content (AvgIpc) is 2.27. The maximum Gasteiger partial charge on any atom is 0.307 e. The van der Waals surface area contributed by atoms with Gasteiger partial charge in [0, 0.05) is 13.2 Å². The highest BCUT2D eigenvalue weighted by molar-refractivity contribution is 5.69. The molecule has 0 saturated carbocycles. The highest BCUT2D eigenvalue weighted by Crippen LogP contribution is 2.16. The summed E-state index contributed by atoms with van der Waals surface area (Å²) in [6.07, 6.45) is 2.57. The lowest BCUT2D eigenvalue weighted by molar-refractivity contribution is -0.143. The summed E-state index contributed by atoms with van der Waals surface area (Å²) in [4.78, 5) is 13.4. The van der Waals surface area contributed by atoms with E-state index in [1.54, 1.807) is 0 Å². The number of piperidine rings is 1. The second-order valence-electron chi connectivity index (χ2n) is 4.02. The molecule has 1 fully saturated rings. The second-order valence-corrected chi connectivity index (χ2v) is 4.02. The van der Waals surface area contributed by atoms with E-state index < -0.39 is 0 Å². The zero-order valence-corrected chi connectivity index (χ0v) is 9.45. The lowest BCUT2D eigenvalue weighted by Crippen LogP contribution is -2.36. The van der Waals surface area contributed by atoms with Crippen molar-refractivity contribution in [3.63, 3.8) is 0 Å². The first kappa shape index (κ1) is 12.5. The topological polar surface area (TPSA) is 49.8 Å². The number of aliphatic hydroxyl groups excluding tert-OH is 1. The number of hydrogen-bond acceptors (Lipinski definition) is 4. The Balaban J connectivity index is 2.10. The maximum absolute atomic E-state index is 11.1. The van der Waals surface area contributed by atoms with Crippen LogP contribution in [0.1, 0.15) is 26.2 Å². The van der Waals surface area contributed by atoms with E-state index in [9.17, 15) is 4.79 Å². The summed E-state index contributed by atoms with van der Waals surface area (Å²) >= 11 is 0. The molecule has 0 aromatic heterocycles. The van der Waals surface area contributed by atoms with Gasteiger partial charge in [0.05, 0.1) is 13.0 Å². The smallest absolute Gasteiger partial charge is 0.307 e. The van der Waals surface area contributed by atoms with Crippen molar-refractivity contribution in [2.24, 2.45) is 5.92 Å². The minimum absolute atomic E-state index is 0.109. The van der Waals surface area contributed by atoms with Crippen molar-refractivity contribution in [1.82, 2.24) is 4.90 Å². The maximum atomic E-state index is 11.1. The van der Waals surface area contributed by atoms with Gasteiger partial charge in [0.25, 0.3) is 0 Å². The third-order valence-electron chi connectivity index (χ3n) is 2.90. The molecule has 1 aliphatic heterocycles. The molecule has 1 saturated heterocycles. The fourth-order valence-corrected chi connectivity index (χ4v) is 1.88. The van der Waals surface area contributed by atoms with E-state index in [0.717, 1.165) is 32.5 Å². The molecule has 1 N–H and O–H groups in total. The van der Waals surface area contributed by atoms with E-state index in [2.05, 4.69) is 4.90 Å². The van der Waals surface area contributed by atoms with Gasteiger partial charge < -0.3 is 14.7 Å². The Kier molecular flexibility index (Phi) is 5.65. The van der Waals surface area contributed by atoms with Crippen LogP contribution in [0.4, 0.5) is 0 Å². The van der Waals surface area contributed by atoms with Gasteiger partial charge in [0.15, 0.2) is 0 Å². The highest BCUT2D eigenvalue weighted by atomic mass is 16.5. The first-order valence-electron chi connectivity index (χ1n) is 5.75. The van der Waals surface area contributed by atoms with Gasteiger partial charge in [0.1, 0.15) is 0 Å². The first-order valence-corrected chi connectivity index (χ1v) is 5.75. The summed E-state index contributed by atoms with van der Waals surface area (Å²) in [5.41, 5.74) is 0. The molecule has 88 valence electrons. The van der Waals surface area contributed by atoms with E-state index >= 15 is 0 Å².